The zero-order chi connectivity index (χ0) is 18.6. The standard InChI is InChI=1S/C19H25N3O3/c1-5-21(11-10-17(23)24)19(25)16-12-20-22(18(16)13(2)3)15-8-6-14(4)7-9-15/h6-9,12-13H,5,10-11H2,1-4H3,(H,23,24). The van der Waals surface area contributed by atoms with E-state index in [9.17, 15) is 9.59 Å². The van der Waals surface area contributed by atoms with Crippen molar-refractivity contribution >= 4 is 11.9 Å². The molecular formula is C19H25N3O3. The quantitative estimate of drug-likeness (QED) is 0.837. The minimum atomic E-state index is -0.911. The van der Waals surface area contributed by atoms with Gasteiger partial charge >= 0.3 is 5.97 Å². The second kappa shape index (κ2) is 7.96. The van der Waals surface area contributed by atoms with Crippen LogP contribution in [0, 0.1) is 6.92 Å². The maximum absolute atomic E-state index is 12.9. The summed E-state index contributed by atoms with van der Waals surface area (Å²) in [6, 6.07) is 7.97. The number of hydrogen-bond donors (Lipinski definition) is 1. The van der Waals surface area contributed by atoms with Crippen molar-refractivity contribution in [2.75, 3.05) is 13.1 Å². The van der Waals surface area contributed by atoms with Crippen molar-refractivity contribution in [3.05, 3.63) is 47.3 Å². The number of aromatic nitrogens is 2. The molecule has 0 aliphatic heterocycles. The second-order valence-corrected chi connectivity index (χ2v) is 6.37. The van der Waals surface area contributed by atoms with Crippen LogP contribution in [0.15, 0.2) is 30.5 Å². The Bertz CT molecular complexity index is 748. The summed E-state index contributed by atoms with van der Waals surface area (Å²) < 4.78 is 1.79. The van der Waals surface area contributed by atoms with E-state index < -0.39 is 5.97 Å². The maximum atomic E-state index is 12.9. The number of rotatable bonds is 7. The third-order valence-electron chi connectivity index (χ3n) is 4.13. The summed E-state index contributed by atoms with van der Waals surface area (Å²) >= 11 is 0. The van der Waals surface area contributed by atoms with E-state index in [4.69, 9.17) is 5.11 Å². The predicted octanol–water partition coefficient (Wildman–Crippen LogP) is 3.24. The number of amides is 1. The molecule has 1 N–H and O–H groups in total. The Kier molecular flexibility index (Phi) is 5.96. The van der Waals surface area contributed by atoms with Crippen LogP contribution in [-0.4, -0.2) is 44.8 Å². The molecule has 0 saturated carbocycles. The fourth-order valence-electron chi connectivity index (χ4n) is 2.77. The van der Waals surface area contributed by atoms with Gasteiger partial charge in [0, 0.05) is 13.1 Å². The number of hydrogen-bond acceptors (Lipinski definition) is 3. The SMILES string of the molecule is CCN(CCC(=O)O)C(=O)c1cnn(-c2ccc(C)cc2)c1C(C)C. The van der Waals surface area contributed by atoms with Gasteiger partial charge in [0.25, 0.3) is 5.91 Å². The molecule has 0 aliphatic carbocycles. The highest BCUT2D eigenvalue weighted by molar-refractivity contribution is 5.95. The van der Waals surface area contributed by atoms with Crippen molar-refractivity contribution in [2.24, 2.45) is 0 Å². The highest BCUT2D eigenvalue weighted by Crippen LogP contribution is 2.24. The van der Waals surface area contributed by atoms with E-state index >= 15 is 0 Å². The lowest BCUT2D eigenvalue weighted by Gasteiger charge is -2.21. The molecule has 1 aromatic carbocycles. The Morgan fingerprint density at radius 2 is 1.88 bits per heavy atom. The molecule has 0 spiro atoms. The number of aliphatic carboxylic acids is 1. The van der Waals surface area contributed by atoms with Crippen molar-refractivity contribution in [1.82, 2.24) is 14.7 Å². The molecule has 0 aliphatic rings. The van der Waals surface area contributed by atoms with E-state index in [0.717, 1.165) is 16.9 Å². The van der Waals surface area contributed by atoms with E-state index in [0.29, 0.717) is 12.1 Å². The van der Waals surface area contributed by atoms with Gasteiger partial charge in [0.05, 0.1) is 29.6 Å². The molecule has 25 heavy (non-hydrogen) atoms. The van der Waals surface area contributed by atoms with Crippen LogP contribution < -0.4 is 0 Å². The van der Waals surface area contributed by atoms with Crippen molar-refractivity contribution < 1.29 is 14.7 Å². The van der Waals surface area contributed by atoms with E-state index in [1.807, 2.05) is 52.0 Å². The zero-order valence-electron chi connectivity index (χ0n) is 15.2. The van der Waals surface area contributed by atoms with Crippen molar-refractivity contribution in [3.8, 4) is 5.69 Å². The summed E-state index contributed by atoms with van der Waals surface area (Å²) in [6.45, 7) is 8.56. The molecule has 0 bridgehead atoms. The lowest BCUT2D eigenvalue weighted by Crippen LogP contribution is -2.33. The Morgan fingerprint density at radius 3 is 2.40 bits per heavy atom. The normalized spacial score (nSPS) is 10.9. The van der Waals surface area contributed by atoms with Gasteiger partial charge in [0.15, 0.2) is 0 Å². The van der Waals surface area contributed by atoms with Crippen LogP contribution in [0.25, 0.3) is 5.69 Å². The van der Waals surface area contributed by atoms with Gasteiger partial charge in [-0.05, 0) is 31.9 Å². The third kappa shape index (κ3) is 4.26. The summed E-state index contributed by atoms with van der Waals surface area (Å²) in [6.07, 6.45) is 1.52. The number of carbonyl (C=O) groups excluding carboxylic acids is 1. The maximum Gasteiger partial charge on any atom is 0.305 e. The molecule has 0 saturated heterocycles. The molecular weight excluding hydrogens is 318 g/mol. The van der Waals surface area contributed by atoms with Gasteiger partial charge in [-0.3, -0.25) is 9.59 Å². The van der Waals surface area contributed by atoms with Crippen LogP contribution in [0.4, 0.5) is 0 Å². The van der Waals surface area contributed by atoms with Crippen LogP contribution in [0.3, 0.4) is 0 Å². The molecule has 6 heteroatoms. The van der Waals surface area contributed by atoms with Crippen molar-refractivity contribution in [3.63, 3.8) is 0 Å². The average molecular weight is 343 g/mol. The van der Waals surface area contributed by atoms with Gasteiger partial charge in [-0.2, -0.15) is 5.10 Å². The van der Waals surface area contributed by atoms with Crippen LogP contribution >= 0.6 is 0 Å². The first-order valence-electron chi connectivity index (χ1n) is 8.51. The molecule has 1 amide bonds. The summed E-state index contributed by atoms with van der Waals surface area (Å²) in [4.78, 5) is 25.3. The number of carboxylic acids is 1. The molecule has 0 atom stereocenters. The Morgan fingerprint density at radius 1 is 1.24 bits per heavy atom. The van der Waals surface area contributed by atoms with E-state index in [2.05, 4.69) is 5.10 Å². The first-order chi connectivity index (χ1) is 11.8. The molecule has 0 radical (unpaired) electrons. The lowest BCUT2D eigenvalue weighted by molar-refractivity contribution is -0.137. The van der Waals surface area contributed by atoms with Gasteiger partial charge in [0.1, 0.15) is 0 Å². The number of benzene rings is 1. The first-order valence-corrected chi connectivity index (χ1v) is 8.51. The smallest absolute Gasteiger partial charge is 0.305 e. The summed E-state index contributed by atoms with van der Waals surface area (Å²) in [5.41, 5.74) is 3.43. The highest BCUT2D eigenvalue weighted by atomic mass is 16.4. The minimum Gasteiger partial charge on any atom is -0.481 e. The van der Waals surface area contributed by atoms with E-state index in [1.54, 1.807) is 15.8 Å². The Balaban J connectivity index is 2.39. The van der Waals surface area contributed by atoms with Crippen LogP contribution in [0.1, 0.15) is 54.7 Å². The predicted molar refractivity (Wildman–Crippen MR) is 96.2 cm³/mol. The summed E-state index contributed by atoms with van der Waals surface area (Å²) in [5.74, 6) is -0.988. The van der Waals surface area contributed by atoms with Crippen LogP contribution in [-0.2, 0) is 4.79 Å². The van der Waals surface area contributed by atoms with Gasteiger partial charge in [-0.1, -0.05) is 31.5 Å². The number of nitrogens with zero attached hydrogens (tertiary/aromatic N) is 3. The summed E-state index contributed by atoms with van der Waals surface area (Å²) in [5, 5.41) is 13.3. The highest BCUT2D eigenvalue weighted by Gasteiger charge is 2.24. The molecule has 2 rings (SSSR count). The fraction of sp³-hybridized carbons (Fsp3) is 0.421. The average Bonchev–Trinajstić information content (AvgIpc) is 3.00. The number of carboxylic acid groups (broad SMARTS) is 1. The van der Waals surface area contributed by atoms with Crippen LogP contribution in [0.5, 0.6) is 0 Å². The largest absolute Gasteiger partial charge is 0.481 e. The molecule has 6 nitrogen and oxygen atoms in total. The van der Waals surface area contributed by atoms with Gasteiger partial charge in [0.2, 0.25) is 0 Å². The first kappa shape index (κ1) is 18.7. The molecule has 1 heterocycles. The molecule has 0 fully saturated rings. The molecule has 0 unspecified atom stereocenters. The van der Waals surface area contributed by atoms with E-state index in [-0.39, 0.29) is 24.8 Å². The molecule has 2 aromatic rings. The van der Waals surface area contributed by atoms with E-state index in [1.165, 1.54) is 0 Å². The number of carbonyl (C=O) groups is 2. The fourth-order valence-corrected chi connectivity index (χ4v) is 2.77. The lowest BCUT2D eigenvalue weighted by atomic mass is 10.0. The molecule has 1 aromatic heterocycles. The Labute approximate surface area is 148 Å². The van der Waals surface area contributed by atoms with Crippen molar-refractivity contribution in [1.29, 1.82) is 0 Å². The van der Waals surface area contributed by atoms with Crippen LogP contribution in [0.2, 0.25) is 0 Å². The number of aryl methyl sites for hydroxylation is 1. The van der Waals surface area contributed by atoms with Gasteiger partial charge in [-0.25, -0.2) is 4.68 Å². The zero-order valence-corrected chi connectivity index (χ0v) is 15.2. The van der Waals surface area contributed by atoms with Gasteiger partial charge in [-0.15, -0.1) is 0 Å². The van der Waals surface area contributed by atoms with Gasteiger partial charge < -0.3 is 10.0 Å². The second-order valence-electron chi connectivity index (χ2n) is 6.37. The molecule has 134 valence electrons. The van der Waals surface area contributed by atoms with Crippen molar-refractivity contribution in [2.45, 2.75) is 40.0 Å². The minimum absolute atomic E-state index is 0.0668. The monoisotopic (exact) mass is 343 g/mol. The summed E-state index contributed by atoms with van der Waals surface area (Å²) in [7, 11) is 0. The topological polar surface area (TPSA) is 75.4 Å². The Hall–Kier alpha value is -2.63. The third-order valence-corrected chi connectivity index (χ3v) is 4.13.